The van der Waals surface area contributed by atoms with E-state index in [1.165, 1.54) is 11.8 Å². The molecule has 0 aliphatic rings. The smallest absolute Gasteiger partial charge is 0.334 e. The van der Waals surface area contributed by atoms with Crippen molar-refractivity contribution in [2.75, 3.05) is 19.8 Å². The first kappa shape index (κ1) is 11.5. The van der Waals surface area contributed by atoms with E-state index in [0.717, 1.165) is 0 Å². The van der Waals surface area contributed by atoms with Crippen LogP contribution in [-0.2, 0) is 4.79 Å². The fourth-order valence-corrected chi connectivity index (χ4v) is 1.43. The number of hydrogen-bond donors (Lipinski definition) is 1. The number of aliphatic carboxylic acids is 1. The van der Waals surface area contributed by atoms with Crippen LogP contribution in [0.4, 0.5) is 0 Å². The number of rotatable bonds is 5. The number of nitrogens with zero attached hydrogens (tertiary/aromatic N) is 1. The van der Waals surface area contributed by atoms with Crippen LogP contribution < -0.4 is 0 Å². The molecule has 0 aliphatic heterocycles. The summed E-state index contributed by atoms with van der Waals surface area (Å²) in [5.41, 5.74) is 0. The number of carbonyl (C=O) groups is 1. The minimum atomic E-state index is -0.853. The van der Waals surface area contributed by atoms with E-state index in [0.29, 0.717) is 5.75 Å². The van der Waals surface area contributed by atoms with Gasteiger partial charge in [-0.05, 0) is 21.0 Å². The van der Waals surface area contributed by atoms with Crippen molar-refractivity contribution in [3.63, 3.8) is 0 Å². The summed E-state index contributed by atoms with van der Waals surface area (Å²) in [5.74, 6) is -0.180. The van der Waals surface area contributed by atoms with Gasteiger partial charge in [-0.1, -0.05) is 6.08 Å². The normalized spacial score (nSPS) is 15.7. The van der Waals surface area contributed by atoms with Gasteiger partial charge in [0.05, 0.1) is 0 Å². The lowest BCUT2D eigenvalue weighted by molar-refractivity contribution is -0.143. The zero-order valence-corrected chi connectivity index (χ0v) is 8.52. The van der Waals surface area contributed by atoms with E-state index in [2.05, 4.69) is 6.58 Å². The van der Waals surface area contributed by atoms with E-state index in [4.69, 9.17) is 5.11 Å². The molecule has 0 aromatic heterocycles. The first-order valence-electron chi connectivity index (χ1n) is 3.61. The van der Waals surface area contributed by atoms with Gasteiger partial charge in [-0.3, -0.25) is 4.90 Å². The average molecular weight is 189 g/mol. The van der Waals surface area contributed by atoms with Gasteiger partial charge in [-0.25, -0.2) is 4.79 Å². The molecular formula is C8H15NO2S. The molecule has 0 amide bonds. The van der Waals surface area contributed by atoms with Crippen LogP contribution in [0.25, 0.3) is 0 Å². The Labute approximate surface area is 77.4 Å². The summed E-state index contributed by atoms with van der Waals surface area (Å²) in [7, 11) is 3.51. The molecule has 70 valence electrons. The summed E-state index contributed by atoms with van der Waals surface area (Å²) in [5, 5.41) is 8.93. The van der Waals surface area contributed by atoms with Gasteiger partial charge in [0.15, 0.2) is 4.87 Å². The molecule has 0 saturated heterocycles. The van der Waals surface area contributed by atoms with E-state index >= 15 is 0 Å². The van der Waals surface area contributed by atoms with Gasteiger partial charge < -0.3 is 5.11 Å². The maximum Gasteiger partial charge on any atom is 0.334 e. The minimum Gasteiger partial charge on any atom is -0.479 e. The molecule has 0 radical (unpaired) electrons. The van der Waals surface area contributed by atoms with Crippen molar-refractivity contribution >= 4 is 17.7 Å². The SMILES string of the molecule is C=CCSC(C)(C(=O)O)N(C)C. The molecular weight excluding hydrogens is 174 g/mol. The largest absolute Gasteiger partial charge is 0.479 e. The highest BCUT2D eigenvalue weighted by Crippen LogP contribution is 2.27. The van der Waals surface area contributed by atoms with Crippen LogP contribution >= 0.6 is 11.8 Å². The van der Waals surface area contributed by atoms with Crippen LogP contribution in [0.1, 0.15) is 6.92 Å². The summed E-state index contributed by atoms with van der Waals surface area (Å²) in [4.78, 5) is 11.7. The lowest BCUT2D eigenvalue weighted by Crippen LogP contribution is -2.45. The highest BCUT2D eigenvalue weighted by atomic mass is 32.2. The molecule has 1 unspecified atom stereocenters. The molecule has 12 heavy (non-hydrogen) atoms. The maximum absolute atomic E-state index is 10.9. The van der Waals surface area contributed by atoms with Gasteiger partial charge in [-0.2, -0.15) is 0 Å². The Balaban J connectivity index is 4.39. The van der Waals surface area contributed by atoms with Crippen LogP contribution in [0.3, 0.4) is 0 Å². The molecule has 3 nitrogen and oxygen atoms in total. The van der Waals surface area contributed by atoms with E-state index in [9.17, 15) is 4.79 Å². The van der Waals surface area contributed by atoms with Crippen molar-refractivity contribution in [3.8, 4) is 0 Å². The van der Waals surface area contributed by atoms with E-state index < -0.39 is 10.8 Å². The third-order valence-electron chi connectivity index (χ3n) is 1.73. The zero-order valence-electron chi connectivity index (χ0n) is 7.70. The first-order valence-corrected chi connectivity index (χ1v) is 4.59. The highest BCUT2D eigenvalue weighted by Gasteiger charge is 2.35. The van der Waals surface area contributed by atoms with Crippen LogP contribution in [0, 0.1) is 0 Å². The van der Waals surface area contributed by atoms with Crippen LogP contribution in [0.15, 0.2) is 12.7 Å². The molecule has 0 fully saturated rings. The minimum absolute atomic E-state index is 0.640. The summed E-state index contributed by atoms with van der Waals surface area (Å²) in [6.07, 6.45) is 1.70. The van der Waals surface area contributed by atoms with Gasteiger partial charge in [-0.15, -0.1) is 18.3 Å². The Bertz CT molecular complexity index is 182. The van der Waals surface area contributed by atoms with Crippen molar-refractivity contribution in [3.05, 3.63) is 12.7 Å². The van der Waals surface area contributed by atoms with Crippen LogP contribution in [0.5, 0.6) is 0 Å². The summed E-state index contributed by atoms with van der Waals surface area (Å²) < 4.78 is 0. The molecule has 0 rings (SSSR count). The Hall–Kier alpha value is -0.480. The zero-order chi connectivity index (χ0) is 9.78. The number of hydrogen-bond acceptors (Lipinski definition) is 3. The number of thioether (sulfide) groups is 1. The van der Waals surface area contributed by atoms with E-state index in [-0.39, 0.29) is 0 Å². The van der Waals surface area contributed by atoms with Crippen molar-refractivity contribution in [1.29, 1.82) is 0 Å². The Morgan fingerprint density at radius 3 is 2.50 bits per heavy atom. The molecule has 0 aromatic carbocycles. The molecule has 1 atom stereocenters. The lowest BCUT2D eigenvalue weighted by atomic mass is 10.3. The van der Waals surface area contributed by atoms with Gasteiger partial charge in [0.2, 0.25) is 0 Å². The second-order valence-corrected chi connectivity index (χ2v) is 4.20. The van der Waals surface area contributed by atoms with Crippen molar-refractivity contribution in [2.45, 2.75) is 11.8 Å². The Morgan fingerprint density at radius 2 is 2.25 bits per heavy atom. The molecule has 0 aliphatic carbocycles. The van der Waals surface area contributed by atoms with Crippen molar-refractivity contribution in [2.24, 2.45) is 0 Å². The quantitative estimate of drug-likeness (QED) is 0.522. The third-order valence-corrected chi connectivity index (χ3v) is 3.24. The number of carboxylic acids is 1. The Morgan fingerprint density at radius 1 is 1.75 bits per heavy atom. The average Bonchev–Trinajstić information content (AvgIpc) is 1.99. The second kappa shape index (κ2) is 4.52. The topological polar surface area (TPSA) is 40.5 Å². The maximum atomic E-state index is 10.9. The first-order chi connectivity index (χ1) is 5.45. The number of carboxylic acid groups (broad SMARTS) is 1. The molecule has 0 saturated carbocycles. The summed E-state index contributed by atoms with van der Waals surface area (Å²) in [6.45, 7) is 5.23. The van der Waals surface area contributed by atoms with Crippen LogP contribution in [-0.4, -0.2) is 40.7 Å². The molecule has 4 heteroatoms. The number of likely N-dealkylation sites (N-methyl/N-ethyl adjacent to an activating group) is 1. The standard InChI is InChI=1S/C8H15NO2S/c1-5-6-12-8(2,7(10)11)9(3)4/h5H,1,6H2,2-4H3,(H,10,11). The van der Waals surface area contributed by atoms with Gasteiger partial charge in [0, 0.05) is 5.75 Å². The van der Waals surface area contributed by atoms with Gasteiger partial charge in [0.1, 0.15) is 0 Å². The fraction of sp³-hybridized carbons (Fsp3) is 0.625. The van der Waals surface area contributed by atoms with Gasteiger partial charge >= 0.3 is 5.97 Å². The predicted molar refractivity (Wildman–Crippen MR) is 52.4 cm³/mol. The van der Waals surface area contributed by atoms with E-state index in [1.54, 1.807) is 32.0 Å². The summed E-state index contributed by atoms with van der Waals surface area (Å²) >= 11 is 1.35. The van der Waals surface area contributed by atoms with E-state index in [1.807, 2.05) is 0 Å². The van der Waals surface area contributed by atoms with Crippen molar-refractivity contribution < 1.29 is 9.90 Å². The van der Waals surface area contributed by atoms with Gasteiger partial charge in [0.25, 0.3) is 0 Å². The fourth-order valence-electron chi connectivity index (χ4n) is 0.603. The summed E-state index contributed by atoms with van der Waals surface area (Å²) in [6, 6.07) is 0. The molecule has 0 aromatic rings. The highest BCUT2D eigenvalue weighted by molar-refractivity contribution is 8.01. The lowest BCUT2D eigenvalue weighted by Gasteiger charge is -2.30. The monoisotopic (exact) mass is 189 g/mol. The Kier molecular flexibility index (Phi) is 4.34. The van der Waals surface area contributed by atoms with Crippen LogP contribution in [0.2, 0.25) is 0 Å². The molecule has 0 spiro atoms. The second-order valence-electron chi connectivity index (χ2n) is 2.78. The third kappa shape index (κ3) is 2.53. The van der Waals surface area contributed by atoms with Crippen molar-refractivity contribution in [1.82, 2.24) is 4.90 Å². The molecule has 0 bridgehead atoms. The molecule has 0 heterocycles. The molecule has 1 N–H and O–H groups in total. The predicted octanol–water partition coefficient (Wildman–Crippen LogP) is 1.27.